The number of carbonyl (C=O) groups excluding carboxylic acids is 2. The third-order valence-corrected chi connectivity index (χ3v) is 6.11. The molecule has 2 amide bonds. The van der Waals surface area contributed by atoms with Crippen molar-refractivity contribution in [3.05, 3.63) is 77.3 Å². The molecule has 1 saturated heterocycles. The van der Waals surface area contributed by atoms with Crippen LogP contribution in [0.25, 0.3) is 0 Å². The van der Waals surface area contributed by atoms with E-state index in [1.54, 1.807) is 0 Å². The minimum absolute atomic E-state index is 0.0451. The van der Waals surface area contributed by atoms with Crippen molar-refractivity contribution in [2.45, 2.75) is 32.1 Å². The Labute approximate surface area is 213 Å². The fourth-order valence-corrected chi connectivity index (χ4v) is 4.39. The Hall–Kier alpha value is -4.31. The molecular weight excluding hydrogens is 514 g/mol. The van der Waals surface area contributed by atoms with Crippen LogP contribution < -0.4 is 15.1 Å². The Bertz CT molecular complexity index is 1450. The third kappa shape index (κ3) is 4.63. The van der Waals surface area contributed by atoms with Crippen molar-refractivity contribution in [1.82, 2.24) is 10.3 Å². The molecule has 4 rings (SSSR count). The third-order valence-electron chi connectivity index (χ3n) is 5.75. The summed E-state index contributed by atoms with van der Waals surface area (Å²) >= 11 is 5.45. The van der Waals surface area contributed by atoms with Gasteiger partial charge in [-0.1, -0.05) is 6.07 Å². The largest absolute Gasteiger partial charge is 0.438 e. The summed E-state index contributed by atoms with van der Waals surface area (Å²) in [5.74, 6) is -1.99. The highest BCUT2D eigenvalue weighted by atomic mass is 32.1. The number of alkyl halides is 3. The molecule has 0 bridgehead atoms. The summed E-state index contributed by atoms with van der Waals surface area (Å²) in [6, 6.07) is 8.30. The zero-order valence-electron chi connectivity index (χ0n) is 19.3. The molecule has 1 aliphatic heterocycles. The van der Waals surface area contributed by atoms with Gasteiger partial charge in [0.2, 0.25) is 5.76 Å². The quantitative estimate of drug-likeness (QED) is 0.381. The van der Waals surface area contributed by atoms with E-state index in [0.29, 0.717) is 6.07 Å². The number of hydrogen-bond donors (Lipinski definition) is 1. The molecule has 1 fully saturated rings. The minimum Gasteiger partial charge on any atom is -0.438 e. The number of nitriles is 1. The second kappa shape index (κ2) is 9.29. The average Bonchev–Trinajstić information content (AvgIpc) is 3.43. The molecule has 0 aliphatic carbocycles. The highest BCUT2D eigenvalue weighted by Crippen LogP contribution is 2.39. The average molecular weight is 531 g/mol. The molecule has 3 aromatic rings. The normalized spacial score (nSPS) is 15.2. The predicted octanol–water partition coefficient (Wildman–Crippen LogP) is 4.55. The van der Waals surface area contributed by atoms with Crippen LogP contribution in [0.1, 0.15) is 41.1 Å². The van der Waals surface area contributed by atoms with Crippen LogP contribution >= 0.6 is 12.2 Å². The molecule has 8 nitrogen and oxygen atoms in total. The van der Waals surface area contributed by atoms with Gasteiger partial charge in [0.25, 0.3) is 11.8 Å². The van der Waals surface area contributed by atoms with Crippen LogP contribution in [0.3, 0.4) is 0 Å². The molecule has 1 aliphatic rings. The number of thiocarbonyl (C=S) groups is 1. The Balaban J connectivity index is 1.63. The summed E-state index contributed by atoms with van der Waals surface area (Å²) in [4.78, 5) is 31.2. The highest BCUT2D eigenvalue weighted by molar-refractivity contribution is 7.81. The van der Waals surface area contributed by atoms with Crippen LogP contribution in [0, 0.1) is 17.1 Å². The maximum absolute atomic E-state index is 14.9. The molecule has 0 radical (unpaired) electrons. The molecule has 0 spiro atoms. The fourth-order valence-electron chi connectivity index (χ4n) is 3.87. The summed E-state index contributed by atoms with van der Waals surface area (Å²) in [7, 11) is 0. The van der Waals surface area contributed by atoms with Gasteiger partial charge in [0.1, 0.15) is 11.4 Å². The molecule has 0 unspecified atom stereocenters. The van der Waals surface area contributed by atoms with Gasteiger partial charge in [-0.2, -0.15) is 18.4 Å². The van der Waals surface area contributed by atoms with E-state index in [9.17, 15) is 27.2 Å². The fraction of sp³-hybridized carbons (Fsp3) is 0.208. The SMILES string of the molecule is CC1(C)C(=O)N(c2ccc(C#N)c(C(F)(F)F)c2)C(=S)N1c1ccc(CNC(=O)c2cnco2)c(F)c1. The Morgan fingerprint density at radius 1 is 1.22 bits per heavy atom. The van der Waals surface area contributed by atoms with Crippen molar-refractivity contribution in [2.75, 3.05) is 9.80 Å². The number of anilines is 2. The van der Waals surface area contributed by atoms with Gasteiger partial charge in [0.05, 0.1) is 29.1 Å². The molecular formula is C24H17F4N5O3S. The number of nitrogens with one attached hydrogen (secondary N) is 1. The topological polar surface area (TPSA) is 102 Å². The summed E-state index contributed by atoms with van der Waals surface area (Å²) in [6.45, 7) is 2.83. The van der Waals surface area contributed by atoms with Gasteiger partial charge in [-0.25, -0.2) is 9.37 Å². The molecule has 2 aromatic carbocycles. The first-order valence-corrected chi connectivity index (χ1v) is 11.0. The van der Waals surface area contributed by atoms with E-state index >= 15 is 0 Å². The Morgan fingerprint density at radius 3 is 2.51 bits per heavy atom. The second-order valence-corrected chi connectivity index (χ2v) is 8.85. The number of oxazole rings is 1. The Morgan fingerprint density at radius 2 is 1.92 bits per heavy atom. The first kappa shape index (κ1) is 25.8. The van der Waals surface area contributed by atoms with E-state index < -0.39 is 40.5 Å². The maximum Gasteiger partial charge on any atom is 0.417 e. The highest BCUT2D eigenvalue weighted by Gasteiger charge is 2.50. The molecule has 2 heterocycles. The van der Waals surface area contributed by atoms with Crippen LogP contribution in [0.5, 0.6) is 0 Å². The molecule has 190 valence electrons. The molecule has 13 heteroatoms. The predicted molar refractivity (Wildman–Crippen MR) is 127 cm³/mol. The standard InChI is InChI=1S/C24H17F4N5O3S/c1-23(2)21(35)32(15-5-3-13(9-29)17(7-15)24(26,27)28)22(37)33(23)16-6-4-14(18(25)8-16)10-31-20(34)19-11-30-12-36-19/h3-8,11-12H,10H2,1-2H3,(H,31,34). The number of hydrogen-bond acceptors (Lipinski definition) is 6. The van der Waals surface area contributed by atoms with Gasteiger partial charge in [0.15, 0.2) is 11.5 Å². The van der Waals surface area contributed by atoms with Crippen LogP contribution in [0.2, 0.25) is 0 Å². The first-order chi connectivity index (χ1) is 17.4. The summed E-state index contributed by atoms with van der Waals surface area (Å²) in [5, 5.41) is 11.4. The number of halogens is 4. The molecule has 1 N–H and O–H groups in total. The van der Waals surface area contributed by atoms with Gasteiger partial charge in [-0.05, 0) is 56.4 Å². The number of carbonyl (C=O) groups is 2. The van der Waals surface area contributed by atoms with Gasteiger partial charge in [0, 0.05) is 17.8 Å². The summed E-state index contributed by atoms with van der Waals surface area (Å²) in [5.41, 5.74) is -3.05. The molecule has 1 aromatic heterocycles. The first-order valence-electron chi connectivity index (χ1n) is 10.6. The second-order valence-electron chi connectivity index (χ2n) is 8.48. The van der Waals surface area contributed by atoms with Crippen LogP contribution in [0.4, 0.5) is 28.9 Å². The van der Waals surface area contributed by atoms with Crippen molar-refractivity contribution in [1.29, 1.82) is 5.26 Å². The number of benzene rings is 2. The van der Waals surface area contributed by atoms with Crippen LogP contribution in [-0.2, 0) is 17.5 Å². The lowest BCUT2D eigenvalue weighted by Crippen LogP contribution is -2.44. The van der Waals surface area contributed by atoms with E-state index in [2.05, 4.69) is 10.3 Å². The van der Waals surface area contributed by atoms with E-state index in [4.69, 9.17) is 21.9 Å². The number of rotatable bonds is 5. The van der Waals surface area contributed by atoms with E-state index in [1.807, 2.05) is 0 Å². The van der Waals surface area contributed by atoms with E-state index in [-0.39, 0.29) is 34.4 Å². The van der Waals surface area contributed by atoms with E-state index in [1.165, 1.54) is 49.2 Å². The summed E-state index contributed by atoms with van der Waals surface area (Å²) < 4.78 is 60.3. The zero-order valence-corrected chi connectivity index (χ0v) is 20.1. The van der Waals surface area contributed by atoms with Gasteiger partial charge in [-0.3, -0.25) is 14.5 Å². The molecule has 0 saturated carbocycles. The van der Waals surface area contributed by atoms with Crippen molar-refractivity contribution < 1.29 is 31.6 Å². The van der Waals surface area contributed by atoms with Crippen molar-refractivity contribution in [2.24, 2.45) is 0 Å². The smallest absolute Gasteiger partial charge is 0.417 e. The zero-order chi connectivity index (χ0) is 27.1. The lowest BCUT2D eigenvalue weighted by Gasteiger charge is -2.29. The monoisotopic (exact) mass is 531 g/mol. The van der Waals surface area contributed by atoms with Crippen molar-refractivity contribution >= 4 is 40.5 Å². The number of amides is 2. The van der Waals surface area contributed by atoms with E-state index in [0.717, 1.165) is 23.4 Å². The summed E-state index contributed by atoms with van der Waals surface area (Å²) in [6.07, 6.45) is -2.54. The van der Waals surface area contributed by atoms with Crippen LogP contribution in [-0.4, -0.2) is 27.4 Å². The van der Waals surface area contributed by atoms with Gasteiger partial charge in [-0.15, -0.1) is 0 Å². The number of aromatic nitrogens is 1. The van der Waals surface area contributed by atoms with Crippen molar-refractivity contribution in [3.8, 4) is 6.07 Å². The minimum atomic E-state index is -4.83. The van der Waals surface area contributed by atoms with Crippen LogP contribution in [0.15, 0.2) is 53.4 Å². The molecule has 37 heavy (non-hydrogen) atoms. The molecule has 0 atom stereocenters. The lowest BCUT2D eigenvalue weighted by atomic mass is 10.0. The van der Waals surface area contributed by atoms with Crippen molar-refractivity contribution in [3.63, 3.8) is 0 Å². The van der Waals surface area contributed by atoms with Gasteiger partial charge < -0.3 is 14.6 Å². The number of nitrogens with zero attached hydrogens (tertiary/aromatic N) is 4. The lowest BCUT2D eigenvalue weighted by molar-refractivity contribution is -0.137. The maximum atomic E-state index is 14.9. The van der Waals surface area contributed by atoms with Gasteiger partial charge >= 0.3 is 6.18 Å². The Kier molecular flexibility index (Phi) is 6.47.